The summed E-state index contributed by atoms with van der Waals surface area (Å²) in [5.41, 5.74) is 3.79. The fourth-order valence-corrected chi connectivity index (χ4v) is 2.59. The van der Waals surface area contributed by atoms with E-state index in [-0.39, 0.29) is 11.7 Å². The highest BCUT2D eigenvalue weighted by atomic mass is 32.2. The number of carbonyl (C=O) groups excluding carboxylic acids is 1. The summed E-state index contributed by atoms with van der Waals surface area (Å²) in [6, 6.07) is 3.97. The molecule has 4 nitrogen and oxygen atoms in total. The number of aryl methyl sites for hydroxylation is 3. The number of hydrogen-bond donors (Lipinski definition) is 2. The highest BCUT2D eigenvalue weighted by molar-refractivity contribution is 7.99. The van der Waals surface area contributed by atoms with Gasteiger partial charge in [0.05, 0.1) is 5.75 Å². The van der Waals surface area contributed by atoms with Gasteiger partial charge < -0.3 is 10.4 Å². The molecular formula is C14H19NO3S. The van der Waals surface area contributed by atoms with Crippen LogP contribution in [0.2, 0.25) is 0 Å². The largest absolute Gasteiger partial charge is 0.481 e. The van der Waals surface area contributed by atoms with Gasteiger partial charge in [0.2, 0.25) is 0 Å². The van der Waals surface area contributed by atoms with E-state index in [2.05, 4.69) is 5.32 Å². The highest BCUT2D eigenvalue weighted by Gasteiger charge is 2.12. The Morgan fingerprint density at radius 3 is 2.32 bits per heavy atom. The highest BCUT2D eigenvalue weighted by Crippen LogP contribution is 2.16. The van der Waals surface area contributed by atoms with E-state index in [1.807, 2.05) is 32.9 Å². The van der Waals surface area contributed by atoms with Gasteiger partial charge in [-0.2, -0.15) is 0 Å². The van der Waals surface area contributed by atoms with Crippen molar-refractivity contribution in [3.63, 3.8) is 0 Å². The molecule has 1 aromatic rings. The van der Waals surface area contributed by atoms with Crippen LogP contribution in [-0.2, 0) is 4.79 Å². The minimum Gasteiger partial charge on any atom is -0.481 e. The zero-order chi connectivity index (χ0) is 14.4. The first-order valence-electron chi connectivity index (χ1n) is 6.07. The SMILES string of the molecule is Cc1cc(C)c(C(=O)NCCSCC(=O)O)c(C)c1. The van der Waals surface area contributed by atoms with Crippen LogP contribution in [0, 0.1) is 20.8 Å². The molecule has 1 rings (SSSR count). The smallest absolute Gasteiger partial charge is 0.313 e. The fraction of sp³-hybridized carbons (Fsp3) is 0.429. The zero-order valence-corrected chi connectivity index (χ0v) is 12.3. The molecule has 1 amide bonds. The lowest BCUT2D eigenvalue weighted by atomic mass is 9.99. The van der Waals surface area contributed by atoms with Crippen LogP contribution in [-0.4, -0.2) is 35.0 Å². The van der Waals surface area contributed by atoms with Gasteiger partial charge in [-0.05, 0) is 31.9 Å². The maximum absolute atomic E-state index is 12.1. The molecule has 0 aromatic heterocycles. The van der Waals surface area contributed by atoms with Crippen LogP contribution in [0.4, 0.5) is 0 Å². The Balaban J connectivity index is 2.52. The molecule has 19 heavy (non-hydrogen) atoms. The van der Waals surface area contributed by atoms with E-state index in [4.69, 9.17) is 5.11 Å². The van der Waals surface area contributed by atoms with Gasteiger partial charge >= 0.3 is 5.97 Å². The van der Waals surface area contributed by atoms with E-state index in [9.17, 15) is 9.59 Å². The lowest BCUT2D eigenvalue weighted by Crippen LogP contribution is -2.27. The second kappa shape index (κ2) is 7.19. The molecule has 0 saturated heterocycles. The van der Waals surface area contributed by atoms with Crippen LogP contribution in [0.5, 0.6) is 0 Å². The van der Waals surface area contributed by atoms with Gasteiger partial charge in [-0.25, -0.2) is 0 Å². The predicted molar refractivity (Wildman–Crippen MR) is 77.9 cm³/mol. The Kier molecular flexibility index (Phi) is 5.89. The molecule has 2 N–H and O–H groups in total. The first kappa shape index (κ1) is 15.6. The quantitative estimate of drug-likeness (QED) is 0.784. The Labute approximate surface area is 117 Å². The molecule has 5 heteroatoms. The third-order valence-corrected chi connectivity index (χ3v) is 3.61. The molecule has 0 unspecified atom stereocenters. The van der Waals surface area contributed by atoms with Crippen LogP contribution in [0.3, 0.4) is 0 Å². The molecule has 1 aromatic carbocycles. The molecule has 0 fully saturated rings. The van der Waals surface area contributed by atoms with Crippen molar-refractivity contribution in [2.24, 2.45) is 0 Å². The van der Waals surface area contributed by atoms with Crippen LogP contribution in [0.1, 0.15) is 27.0 Å². The number of thioether (sulfide) groups is 1. The lowest BCUT2D eigenvalue weighted by molar-refractivity contribution is -0.133. The Bertz CT molecular complexity index is 463. The van der Waals surface area contributed by atoms with Crippen molar-refractivity contribution in [2.45, 2.75) is 20.8 Å². The number of rotatable bonds is 6. The van der Waals surface area contributed by atoms with Crippen molar-refractivity contribution in [1.29, 1.82) is 0 Å². The first-order chi connectivity index (χ1) is 8.91. The van der Waals surface area contributed by atoms with Gasteiger partial charge in [-0.15, -0.1) is 11.8 Å². The minimum atomic E-state index is -0.832. The average Bonchev–Trinajstić information content (AvgIpc) is 2.26. The van der Waals surface area contributed by atoms with Gasteiger partial charge in [0.1, 0.15) is 0 Å². The number of aliphatic carboxylic acids is 1. The summed E-state index contributed by atoms with van der Waals surface area (Å²) in [6.07, 6.45) is 0. The molecular weight excluding hydrogens is 262 g/mol. The van der Waals surface area contributed by atoms with Crippen molar-refractivity contribution in [3.05, 3.63) is 34.4 Å². The van der Waals surface area contributed by atoms with E-state index >= 15 is 0 Å². The molecule has 0 saturated carbocycles. The molecule has 0 spiro atoms. The van der Waals surface area contributed by atoms with E-state index < -0.39 is 5.97 Å². The van der Waals surface area contributed by atoms with Crippen molar-refractivity contribution in [2.75, 3.05) is 18.1 Å². The van der Waals surface area contributed by atoms with Crippen LogP contribution < -0.4 is 5.32 Å². The molecule has 0 atom stereocenters. The molecule has 0 heterocycles. The van der Waals surface area contributed by atoms with E-state index in [1.165, 1.54) is 11.8 Å². The number of carboxylic acid groups (broad SMARTS) is 1. The second-order valence-electron chi connectivity index (χ2n) is 4.48. The third-order valence-electron chi connectivity index (χ3n) is 2.66. The first-order valence-corrected chi connectivity index (χ1v) is 7.23. The molecule has 0 aliphatic rings. The van der Waals surface area contributed by atoms with Gasteiger partial charge in [0.15, 0.2) is 0 Å². The number of amides is 1. The number of benzene rings is 1. The van der Waals surface area contributed by atoms with Gasteiger partial charge in [0.25, 0.3) is 5.91 Å². The summed E-state index contributed by atoms with van der Waals surface area (Å²) in [7, 11) is 0. The van der Waals surface area contributed by atoms with Crippen LogP contribution in [0.25, 0.3) is 0 Å². The summed E-state index contributed by atoms with van der Waals surface area (Å²) in [5.74, 6) is -0.257. The molecule has 104 valence electrons. The normalized spacial score (nSPS) is 10.3. The summed E-state index contributed by atoms with van der Waals surface area (Å²) in [5, 5.41) is 11.3. The average molecular weight is 281 g/mol. The number of carboxylic acids is 1. The second-order valence-corrected chi connectivity index (χ2v) is 5.58. The Morgan fingerprint density at radius 1 is 1.21 bits per heavy atom. The third kappa shape index (κ3) is 4.95. The lowest BCUT2D eigenvalue weighted by Gasteiger charge is -2.11. The van der Waals surface area contributed by atoms with Crippen LogP contribution in [0.15, 0.2) is 12.1 Å². The summed E-state index contributed by atoms with van der Waals surface area (Å²) in [4.78, 5) is 22.4. The molecule has 0 radical (unpaired) electrons. The summed E-state index contributed by atoms with van der Waals surface area (Å²) in [6.45, 7) is 6.33. The monoisotopic (exact) mass is 281 g/mol. The van der Waals surface area contributed by atoms with Gasteiger partial charge in [-0.3, -0.25) is 9.59 Å². The number of nitrogens with one attached hydrogen (secondary N) is 1. The van der Waals surface area contributed by atoms with E-state index in [1.54, 1.807) is 0 Å². The summed E-state index contributed by atoms with van der Waals surface area (Å²) < 4.78 is 0. The summed E-state index contributed by atoms with van der Waals surface area (Å²) >= 11 is 1.30. The van der Waals surface area contributed by atoms with Gasteiger partial charge in [0, 0.05) is 17.9 Å². The Hall–Kier alpha value is -1.49. The fourth-order valence-electron chi connectivity index (χ4n) is 2.02. The minimum absolute atomic E-state index is 0.0679. The van der Waals surface area contributed by atoms with Crippen LogP contribution >= 0.6 is 11.8 Å². The maximum Gasteiger partial charge on any atom is 0.313 e. The van der Waals surface area contributed by atoms with E-state index in [0.717, 1.165) is 16.7 Å². The van der Waals surface area contributed by atoms with E-state index in [0.29, 0.717) is 17.9 Å². The van der Waals surface area contributed by atoms with Crippen molar-refractivity contribution in [1.82, 2.24) is 5.32 Å². The number of carbonyl (C=O) groups is 2. The predicted octanol–water partition coefficient (Wildman–Crippen LogP) is 2.16. The standard InChI is InChI=1S/C14H19NO3S/c1-9-6-10(2)13(11(3)7-9)14(18)15-4-5-19-8-12(16)17/h6-7H,4-5,8H2,1-3H3,(H,15,18)(H,16,17). The van der Waals surface area contributed by atoms with Crippen molar-refractivity contribution >= 4 is 23.6 Å². The molecule has 0 bridgehead atoms. The zero-order valence-electron chi connectivity index (χ0n) is 11.4. The maximum atomic E-state index is 12.1. The van der Waals surface area contributed by atoms with Gasteiger partial charge in [-0.1, -0.05) is 17.7 Å². The molecule has 0 aliphatic heterocycles. The topological polar surface area (TPSA) is 66.4 Å². The Morgan fingerprint density at radius 2 is 1.79 bits per heavy atom. The molecule has 0 aliphatic carbocycles. The number of hydrogen-bond acceptors (Lipinski definition) is 3. The van der Waals surface area contributed by atoms with Crippen molar-refractivity contribution in [3.8, 4) is 0 Å². The van der Waals surface area contributed by atoms with Crippen molar-refractivity contribution < 1.29 is 14.7 Å².